The van der Waals surface area contributed by atoms with Crippen LogP contribution in [0.5, 0.6) is 0 Å². The van der Waals surface area contributed by atoms with Crippen molar-refractivity contribution in [3.63, 3.8) is 0 Å². The van der Waals surface area contributed by atoms with E-state index in [-0.39, 0.29) is 17.6 Å². The molecule has 3 aromatic rings. The number of carbonyl (C=O) groups is 1. The molecule has 0 fully saturated rings. The average molecular weight is 375 g/mol. The van der Waals surface area contributed by atoms with Crippen LogP contribution >= 0.6 is 0 Å². The maximum absolute atomic E-state index is 12.2. The normalized spacial score (nSPS) is 11.8. The lowest BCUT2D eigenvalue weighted by atomic mass is 10.2. The number of aromatic nitrogens is 2. The van der Waals surface area contributed by atoms with Gasteiger partial charge < -0.3 is 15.5 Å². The van der Waals surface area contributed by atoms with Crippen molar-refractivity contribution in [3.8, 4) is 0 Å². The number of nitrogens with one attached hydrogen (secondary N) is 2. The highest BCUT2D eigenvalue weighted by Gasteiger charge is 2.11. The van der Waals surface area contributed by atoms with Crippen molar-refractivity contribution in [3.05, 3.63) is 84.1 Å². The summed E-state index contributed by atoms with van der Waals surface area (Å²) in [5.41, 5.74) is 2.29. The van der Waals surface area contributed by atoms with E-state index in [4.69, 9.17) is 0 Å². The number of benzene rings is 2. The number of hydrogen-bond donors (Lipinski definition) is 2. The zero-order valence-electron chi connectivity index (χ0n) is 16.2. The highest BCUT2D eigenvalue weighted by atomic mass is 16.1. The lowest BCUT2D eigenvalue weighted by molar-refractivity contribution is 0.102. The molecule has 0 radical (unpaired) electrons. The smallest absolute Gasteiger partial charge is 0.276 e. The molecule has 2 N–H and O–H groups in total. The molecule has 0 saturated heterocycles. The Kier molecular flexibility index (Phi) is 6.70. The number of amides is 1. The first-order valence-electron chi connectivity index (χ1n) is 9.29. The molecule has 0 saturated carbocycles. The van der Waals surface area contributed by atoms with Crippen molar-refractivity contribution in [2.75, 3.05) is 24.2 Å². The number of nitrogens with zero attached hydrogens (tertiary/aromatic N) is 3. The van der Waals surface area contributed by atoms with Crippen LogP contribution in [-0.2, 0) is 6.54 Å². The Hall–Kier alpha value is -3.25. The Labute approximate surface area is 165 Å². The fraction of sp³-hybridized carbons (Fsp3) is 0.227. The van der Waals surface area contributed by atoms with E-state index in [0.29, 0.717) is 5.82 Å². The van der Waals surface area contributed by atoms with Gasteiger partial charge in [0.2, 0.25) is 0 Å². The molecule has 0 bridgehead atoms. The third-order valence-electron chi connectivity index (χ3n) is 4.20. The summed E-state index contributed by atoms with van der Waals surface area (Å²) in [4.78, 5) is 14.5. The summed E-state index contributed by atoms with van der Waals surface area (Å²) in [6.45, 7) is 3.84. The number of hydrogen-bond acceptors (Lipinski definition) is 5. The van der Waals surface area contributed by atoms with Crippen molar-refractivity contribution in [1.82, 2.24) is 15.1 Å². The molecule has 6 nitrogen and oxygen atoms in total. The Morgan fingerprint density at radius 3 is 2.29 bits per heavy atom. The lowest BCUT2D eigenvalue weighted by Crippen LogP contribution is -2.32. The molecule has 1 atom stereocenters. The highest BCUT2D eigenvalue weighted by Crippen LogP contribution is 2.10. The van der Waals surface area contributed by atoms with Gasteiger partial charge in [-0.25, -0.2) is 0 Å². The molecule has 0 aliphatic rings. The second kappa shape index (κ2) is 9.62. The van der Waals surface area contributed by atoms with Gasteiger partial charge in [-0.3, -0.25) is 4.79 Å². The summed E-state index contributed by atoms with van der Waals surface area (Å²) in [6, 6.07) is 23.3. The van der Waals surface area contributed by atoms with Gasteiger partial charge in [0, 0.05) is 24.8 Å². The molecule has 144 valence electrons. The molecule has 6 heteroatoms. The quantitative estimate of drug-likeness (QED) is 0.629. The zero-order valence-corrected chi connectivity index (χ0v) is 16.2. The molecular formula is C22H25N5O. The molecule has 0 aliphatic carbocycles. The van der Waals surface area contributed by atoms with E-state index in [1.165, 1.54) is 5.56 Å². The number of para-hydroxylation sites is 1. The first-order chi connectivity index (χ1) is 13.6. The van der Waals surface area contributed by atoms with Gasteiger partial charge in [0.25, 0.3) is 5.91 Å². The lowest BCUT2D eigenvalue weighted by Gasteiger charge is -2.22. The first kappa shape index (κ1) is 19.5. The van der Waals surface area contributed by atoms with Crippen LogP contribution in [-0.4, -0.2) is 40.6 Å². The van der Waals surface area contributed by atoms with Crippen LogP contribution in [0.15, 0.2) is 72.8 Å². The summed E-state index contributed by atoms with van der Waals surface area (Å²) in [7, 11) is 2.09. The van der Waals surface area contributed by atoms with E-state index >= 15 is 0 Å². The fourth-order valence-electron chi connectivity index (χ4n) is 2.97. The fourth-order valence-corrected chi connectivity index (χ4v) is 2.97. The van der Waals surface area contributed by atoms with Gasteiger partial charge in [0.05, 0.1) is 0 Å². The van der Waals surface area contributed by atoms with Crippen LogP contribution in [0.3, 0.4) is 0 Å². The summed E-state index contributed by atoms with van der Waals surface area (Å²) >= 11 is 0. The van der Waals surface area contributed by atoms with Gasteiger partial charge in [0.15, 0.2) is 5.69 Å². The van der Waals surface area contributed by atoms with E-state index in [9.17, 15) is 4.79 Å². The van der Waals surface area contributed by atoms with Gasteiger partial charge in [-0.2, -0.15) is 0 Å². The molecule has 0 aliphatic heterocycles. The van der Waals surface area contributed by atoms with E-state index in [2.05, 4.69) is 64.0 Å². The summed E-state index contributed by atoms with van der Waals surface area (Å²) in [6.07, 6.45) is 0. The zero-order chi connectivity index (χ0) is 19.8. The molecule has 3 rings (SSSR count). The minimum absolute atomic E-state index is 0.187. The molecule has 28 heavy (non-hydrogen) atoms. The number of anilines is 2. The van der Waals surface area contributed by atoms with Gasteiger partial charge in [0.1, 0.15) is 5.82 Å². The minimum atomic E-state index is -0.277. The molecular weight excluding hydrogens is 350 g/mol. The standard InChI is InChI=1S/C22H25N5O/c1-17(15-27(2)16-18-9-5-3-6-10-18)23-21-14-13-20(25-26-21)22(28)24-19-11-7-4-8-12-19/h3-14,17H,15-16H2,1-2H3,(H,23,26)(H,24,28). The predicted octanol–water partition coefficient (Wildman–Crippen LogP) is 3.66. The summed E-state index contributed by atoms with van der Waals surface area (Å²) < 4.78 is 0. The molecule has 0 spiro atoms. The molecule has 1 heterocycles. The Bertz CT molecular complexity index is 868. The van der Waals surface area contributed by atoms with Crippen molar-refractivity contribution >= 4 is 17.4 Å². The van der Waals surface area contributed by atoms with Crippen LogP contribution < -0.4 is 10.6 Å². The van der Waals surface area contributed by atoms with E-state index in [1.54, 1.807) is 12.1 Å². The Morgan fingerprint density at radius 1 is 0.964 bits per heavy atom. The topological polar surface area (TPSA) is 70.2 Å². The van der Waals surface area contributed by atoms with Crippen LogP contribution in [0.25, 0.3) is 0 Å². The van der Waals surface area contributed by atoms with Gasteiger partial charge in [-0.05, 0) is 43.8 Å². The SMILES string of the molecule is CC(CN(C)Cc1ccccc1)Nc1ccc(C(=O)Nc2ccccc2)nn1. The van der Waals surface area contributed by atoms with E-state index in [1.807, 2.05) is 36.4 Å². The van der Waals surface area contributed by atoms with Crippen molar-refractivity contribution in [2.24, 2.45) is 0 Å². The third-order valence-corrected chi connectivity index (χ3v) is 4.20. The Balaban J connectivity index is 1.50. The molecule has 1 aromatic heterocycles. The maximum Gasteiger partial charge on any atom is 0.276 e. The predicted molar refractivity (Wildman–Crippen MR) is 112 cm³/mol. The molecule has 1 amide bonds. The summed E-state index contributed by atoms with van der Waals surface area (Å²) in [5.74, 6) is 0.373. The monoisotopic (exact) mass is 375 g/mol. The number of rotatable bonds is 8. The number of carbonyl (C=O) groups excluding carboxylic acids is 1. The average Bonchev–Trinajstić information content (AvgIpc) is 2.70. The second-order valence-electron chi connectivity index (χ2n) is 6.85. The van der Waals surface area contributed by atoms with Crippen LogP contribution in [0.2, 0.25) is 0 Å². The van der Waals surface area contributed by atoms with Gasteiger partial charge in [-0.15, -0.1) is 10.2 Å². The van der Waals surface area contributed by atoms with Crippen LogP contribution in [0, 0.1) is 0 Å². The van der Waals surface area contributed by atoms with Crippen LogP contribution in [0.1, 0.15) is 23.0 Å². The largest absolute Gasteiger partial charge is 0.365 e. The first-order valence-corrected chi connectivity index (χ1v) is 9.29. The van der Waals surface area contributed by atoms with Crippen molar-refractivity contribution < 1.29 is 4.79 Å². The highest BCUT2D eigenvalue weighted by molar-refractivity contribution is 6.02. The van der Waals surface area contributed by atoms with E-state index in [0.717, 1.165) is 18.8 Å². The molecule has 1 unspecified atom stereocenters. The van der Waals surface area contributed by atoms with Gasteiger partial charge >= 0.3 is 0 Å². The maximum atomic E-state index is 12.2. The van der Waals surface area contributed by atoms with Crippen molar-refractivity contribution in [1.29, 1.82) is 0 Å². The van der Waals surface area contributed by atoms with E-state index < -0.39 is 0 Å². The summed E-state index contributed by atoms with van der Waals surface area (Å²) in [5, 5.41) is 14.3. The Morgan fingerprint density at radius 2 is 1.64 bits per heavy atom. The minimum Gasteiger partial charge on any atom is -0.365 e. The van der Waals surface area contributed by atoms with Crippen molar-refractivity contribution in [2.45, 2.75) is 19.5 Å². The van der Waals surface area contributed by atoms with Crippen LogP contribution in [0.4, 0.5) is 11.5 Å². The second-order valence-corrected chi connectivity index (χ2v) is 6.85. The van der Waals surface area contributed by atoms with Gasteiger partial charge in [-0.1, -0.05) is 48.5 Å². The molecule has 2 aromatic carbocycles. The third kappa shape index (κ3) is 5.89. The number of likely N-dealkylation sites (N-methyl/N-ethyl adjacent to an activating group) is 1.